The van der Waals surface area contributed by atoms with Crippen LogP contribution in [0.2, 0.25) is 0 Å². The van der Waals surface area contributed by atoms with Gasteiger partial charge in [-0.3, -0.25) is 9.89 Å². The second-order valence-electron chi connectivity index (χ2n) is 6.17. The molecule has 1 aliphatic heterocycles. The average molecular weight is 303 g/mol. The predicted molar refractivity (Wildman–Crippen MR) is 93.2 cm³/mol. The zero-order valence-electron chi connectivity index (χ0n) is 14.3. The van der Waals surface area contributed by atoms with Crippen molar-refractivity contribution in [3.8, 4) is 0 Å². The fraction of sp³-hybridized carbons (Fsp3) is 0.588. The zero-order valence-corrected chi connectivity index (χ0v) is 14.3. The Morgan fingerprint density at radius 1 is 1.27 bits per heavy atom. The number of benzene rings is 1. The van der Waals surface area contributed by atoms with Gasteiger partial charge in [0.15, 0.2) is 5.96 Å². The van der Waals surface area contributed by atoms with Crippen molar-refractivity contribution < 1.29 is 0 Å². The minimum Gasteiger partial charge on any atom is -0.355 e. The largest absolute Gasteiger partial charge is 0.355 e. The first-order chi connectivity index (χ1) is 10.6. The summed E-state index contributed by atoms with van der Waals surface area (Å²) in [6, 6.07) is 11.0. The van der Waals surface area contributed by atoms with Crippen molar-refractivity contribution in [2.45, 2.75) is 12.6 Å². The highest BCUT2D eigenvalue weighted by Crippen LogP contribution is 2.06. The molecule has 0 amide bonds. The lowest BCUT2D eigenvalue weighted by Gasteiger charge is -2.38. The van der Waals surface area contributed by atoms with Crippen LogP contribution >= 0.6 is 0 Å². The number of nitrogens with zero attached hydrogens (tertiary/aromatic N) is 4. The van der Waals surface area contributed by atoms with Crippen LogP contribution in [0.15, 0.2) is 35.3 Å². The van der Waals surface area contributed by atoms with Crippen LogP contribution in [0.25, 0.3) is 0 Å². The van der Waals surface area contributed by atoms with Gasteiger partial charge in [-0.05, 0) is 19.7 Å². The third kappa shape index (κ3) is 4.71. The van der Waals surface area contributed by atoms with Gasteiger partial charge in [-0.2, -0.15) is 0 Å². The molecule has 1 unspecified atom stereocenters. The molecule has 2 rings (SSSR count). The normalized spacial score (nSPS) is 20.9. The van der Waals surface area contributed by atoms with E-state index < -0.39 is 0 Å². The summed E-state index contributed by atoms with van der Waals surface area (Å²) in [6.45, 7) is 5.16. The maximum absolute atomic E-state index is 4.41. The highest BCUT2D eigenvalue weighted by atomic mass is 15.3. The first kappa shape index (κ1) is 16.8. The van der Waals surface area contributed by atoms with E-state index in [2.05, 4.69) is 70.4 Å². The quantitative estimate of drug-likeness (QED) is 0.663. The van der Waals surface area contributed by atoms with E-state index in [1.54, 1.807) is 0 Å². The fourth-order valence-electron chi connectivity index (χ4n) is 2.85. The fourth-order valence-corrected chi connectivity index (χ4v) is 2.85. The van der Waals surface area contributed by atoms with Crippen molar-refractivity contribution in [2.24, 2.45) is 4.99 Å². The Morgan fingerprint density at radius 2 is 2.00 bits per heavy atom. The zero-order chi connectivity index (χ0) is 15.9. The number of hydrogen-bond acceptors (Lipinski definition) is 3. The summed E-state index contributed by atoms with van der Waals surface area (Å²) in [4.78, 5) is 11.4. The van der Waals surface area contributed by atoms with Gasteiger partial charge in [-0.1, -0.05) is 30.3 Å². The molecule has 0 saturated carbocycles. The molecule has 122 valence electrons. The van der Waals surface area contributed by atoms with Gasteiger partial charge in [0.1, 0.15) is 0 Å². The maximum atomic E-state index is 4.41. The molecule has 0 spiro atoms. The molecular formula is C17H29N5. The monoisotopic (exact) mass is 303 g/mol. The number of likely N-dealkylation sites (N-methyl/N-ethyl adjacent to an activating group) is 2. The molecule has 22 heavy (non-hydrogen) atoms. The molecule has 5 heteroatoms. The van der Waals surface area contributed by atoms with Crippen LogP contribution in [0.5, 0.6) is 0 Å². The van der Waals surface area contributed by atoms with Gasteiger partial charge in [0.05, 0.1) is 0 Å². The molecule has 5 nitrogen and oxygen atoms in total. The minimum atomic E-state index is 0.528. The first-order valence-corrected chi connectivity index (χ1v) is 7.94. The molecule has 0 radical (unpaired) electrons. The summed E-state index contributed by atoms with van der Waals surface area (Å²) in [5.41, 5.74) is 1.29. The summed E-state index contributed by atoms with van der Waals surface area (Å²) in [6.07, 6.45) is 0. The molecular weight excluding hydrogens is 274 g/mol. The number of hydrogen-bond donors (Lipinski definition) is 1. The summed E-state index contributed by atoms with van der Waals surface area (Å²) in [5.74, 6) is 0.950. The highest BCUT2D eigenvalue weighted by molar-refractivity contribution is 5.79. The molecule has 1 atom stereocenters. The van der Waals surface area contributed by atoms with E-state index in [0.29, 0.717) is 6.04 Å². The standard InChI is InChI=1S/C17H29N5/c1-18-17(22(4)13-15-8-6-5-7-9-15)19-12-16-14-20(2)10-11-21(16)3/h5-9,16H,10-14H2,1-4H3,(H,18,19). The second kappa shape index (κ2) is 8.15. The van der Waals surface area contributed by atoms with E-state index in [9.17, 15) is 0 Å². The van der Waals surface area contributed by atoms with Crippen LogP contribution in [0.1, 0.15) is 5.56 Å². The SMILES string of the molecule is CN=C(NCC1CN(C)CCN1C)N(C)Cc1ccccc1. The minimum absolute atomic E-state index is 0.528. The Labute approximate surface area is 134 Å². The second-order valence-corrected chi connectivity index (χ2v) is 6.17. The first-order valence-electron chi connectivity index (χ1n) is 7.94. The molecule has 0 aliphatic carbocycles. The number of rotatable bonds is 4. The Bertz CT molecular complexity index is 473. The summed E-state index contributed by atoms with van der Waals surface area (Å²) >= 11 is 0. The lowest BCUT2D eigenvalue weighted by molar-refractivity contribution is 0.116. The number of guanidine groups is 1. The molecule has 1 aliphatic rings. The lowest BCUT2D eigenvalue weighted by atomic mass is 10.2. The van der Waals surface area contributed by atoms with Crippen molar-refractivity contribution in [1.82, 2.24) is 20.0 Å². The van der Waals surface area contributed by atoms with Crippen LogP contribution in [0.4, 0.5) is 0 Å². The van der Waals surface area contributed by atoms with Gasteiger partial charge in [0.25, 0.3) is 0 Å². The smallest absolute Gasteiger partial charge is 0.193 e. The van der Waals surface area contributed by atoms with Gasteiger partial charge in [0, 0.05) is 52.9 Å². The molecule has 1 fully saturated rings. The van der Waals surface area contributed by atoms with Crippen molar-refractivity contribution in [3.05, 3.63) is 35.9 Å². The van der Waals surface area contributed by atoms with Crippen LogP contribution in [0.3, 0.4) is 0 Å². The van der Waals surface area contributed by atoms with E-state index in [-0.39, 0.29) is 0 Å². The van der Waals surface area contributed by atoms with Gasteiger partial charge in [-0.25, -0.2) is 0 Å². The molecule has 1 aromatic carbocycles. The molecule has 1 N–H and O–H groups in total. The number of aliphatic imine (C=N–C) groups is 1. The number of piperazine rings is 1. The molecule has 0 bridgehead atoms. The van der Waals surface area contributed by atoms with Crippen LogP contribution < -0.4 is 5.32 Å². The van der Waals surface area contributed by atoms with Gasteiger partial charge >= 0.3 is 0 Å². The maximum Gasteiger partial charge on any atom is 0.193 e. The molecule has 0 aromatic heterocycles. The summed E-state index contributed by atoms with van der Waals surface area (Å²) < 4.78 is 0. The summed E-state index contributed by atoms with van der Waals surface area (Å²) in [5, 5.41) is 3.52. The van der Waals surface area contributed by atoms with Gasteiger partial charge in [0.2, 0.25) is 0 Å². The lowest BCUT2D eigenvalue weighted by Crippen LogP contribution is -2.55. The highest BCUT2D eigenvalue weighted by Gasteiger charge is 2.22. The van der Waals surface area contributed by atoms with E-state index in [4.69, 9.17) is 0 Å². The van der Waals surface area contributed by atoms with Crippen LogP contribution in [0, 0.1) is 0 Å². The molecule has 1 saturated heterocycles. The third-order valence-corrected chi connectivity index (χ3v) is 4.31. The van der Waals surface area contributed by atoms with Crippen LogP contribution in [-0.2, 0) is 6.54 Å². The van der Waals surface area contributed by atoms with E-state index in [1.807, 2.05) is 13.1 Å². The predicted octanol–water partition coefficient (Wildman–Crippen LogP) is 0.940. The number of nitrogens with one attached hydrogen (secondary N) is 1. The molecule has 1 aromatic rings. The van der Waals surface area contributed by atoms with E-state index in [0.717, 1.165) is 38.7 Å². The van der Waals surface area contributed by atoms with E-state index >= 15 is 0 Å². The molecule has 1 heterocycles. The van der Waals surface area contributed by atoms with Gasteiger partial charge in [-0.15, -0.1) is 0 Å². The van der Waals surface area contributed by atoms with Gasteiger partial charge < -0.3 is 15.1 Å². The Balaban J connectivity index is 1.86. The Hall–Kier alpha value is -1.59. The van der Waals surface area contributed by atoms with Crippen molar-refractivity contribution in [1.29, 1.82) is 0 Å². The topological polar surface area (TPSA) is 34.1 Å². The third-order valence-electron chi connectivity index (χ3n) is 4.31. The van der Waals surface area contributed by atoms with Crippen molar-refractivity contribution >= 4 is 5.96 Å². The van der Waals surface area contributed by atoms with Crippen molar-refractivity contribution in [3.63, 3.8) is 0 Å². The van der Waals surface area contributed by atoms with Crippen LogP contribution in [-0.4, -0.2) is 81.1 Å². The summed E-state index contributed by atoms with van der Waals surface area (Å²) in [7, 11) is 8.33. The van der Waals surface area contributed by atoms with E-state index in [1.165, 1.54) is 5.56 Å². The Kier molecular flexibility index (Phi) is 6.21. The Morgan fingerprint density at radius 3 is 2.68 bits per heavy atom. The average Bonchev–Trinajstić information content (AvgIpc) is 2.52. The van der Waals surface area contributed by atoms with Crippen molar-refractivity contribution in [2.75, 3.05) is 54.4 Å².